The van der Waals surface area contributed by atoms with Gasteiger partial charge in [0.25, 0.3) is 6.71 Å². The summed E-state index contributed by atoms with van der Waals surface area (Å²) in [6.07, 6.45) is 2.30. The van der Waals surface area contributed by atoms with Crippen molar-refractivity contribution in [2.75, 3.05) is 9.80 Å². The lowest BCUT2D eigenvalue weighted by atomic mass is 9.33. The van der Waals surface area contributed by atoms with Crippen LogP contribution in [0.15, 0.2) is 176 Å². The summed E-state index contributed by atoms with van der Waals surface area (Å²) >= 11 is 0. The number of hydrogen-bond donors (Lipinski definition) is 0. The summed E-state index contributed by atoms with van der Waals surface area (Å²) in [4.78, 5) is 5.36. The first-order valence-electron chi connectivity index (χ1n) is 27.0. The quantitative estimate of drug-likeness (QED) is 0.147. The lowest BCUT2D eigenvalue weighted by Gasteiger charge is -2.48. The molecule has 2 nitrogen and oxygen atoms in total. The van der Waals surface area contributed by atoms with Gasteiger partial charge >= 0.3 is 0 Å². The molecule has 1 aliphatic carbocycles. The molecular formula is C70H75BN2. The van der Waals surface area contributed by atoms with Gasteiger partial charge in [0.15, 0.2) is 0 Å². The van der Waals surface area contributed by atoms with Crippen LogP contribution in [0, 0.1) is 0 Å². The van der Waals surface area contributed by atoms with E-state index in [0.29, 0.717) is 0 Å². The van der Waals surface area contributed by atoms with Gasteiger partial charge in [-0.1, -0.05) is 224 Å². The Morgan fingerprint density at radius 1 is 0.370 bits per heavy atom. The summed E-state index contributed by atoms with van der Waals surface area (Å²) in [6, 6.07) is 68.0. The fourth-order valence-corrected chi connectivity index (χ4v) is 12.5. The van der Waals surface area contributed by atoms with Gasteiger partial charge in [-0.05, 0) is 149 Å². The molecule has 0 fully saturated rings. The molecule has 0 atom stereocenters. The lowest BCUT2D eigenvalue weighted by molar-refractivity contribution is 0.332. The zero-order chi connectivity index (χ0) is 51.6. The van der Waals surface area contributed by atoms with E-state index in [2.05, 4.69) is 283 Å². The third kappa shape index (κ3) is 8.08. The number of rotatable bonds is 7. The van der Waals surface area contributed by atoms with Crippen LogP contribution in [0.25, 0.3) is 11.1 Å². The van der Waals surface area contributed by atoms with Crippen molar-refractivity contribution in [3.63, 3.8) is 0 Å². The predicted octanol–water partition coefficient (Wildman–Crippen LogP) is 17.0. The van der Waals surface area contributed by atoms with Crippen LogP contribution in [-0.2, 0) is 32.5 Å². The van der Waals surface area contributed by atoms with Crippen LogP contribution in [0.3, 0.4) is 0 Å². The molecule has 2 heterocycles. The Kier molecular flexibility index (Phi) is 11.3. The maximum absolute atomic E-state index is 2.71. The average molecular weight is 955 g/mol. The van der Waals surface area contributed by atoms with Crippen molar-refractivity contribution < 1.29 is 0 Å². The van der Waals surface area contributed by atoms with Crippen LogP contribution >= 0.6 is 0 Å². The summed E-state index contributed by atoms with van der Waals surface area (Å²) < 4.78 is 0. The second kappa shape index (κ2) is 17.0. The van der Waals surface area contributed by atoms with Crippen molar-refractivity contribution in [2.24, 2.45) is 0 Å². The molecule has 0 aromatic heterocycles. The topological polar surface area (TPSA) is 6.48 Å². The van der Waals surface area contributed by atoms with Crippen LogP contribution < -0.4 is 26.2 Å². The third-order valence-corrected chi connectivity index (χ3v) is 17.6. The highest BCUT2D eigenvalue weighted by molar-refractivity contribution is 7.00. The van der Waals surface area contributed by atoms with Gasteiger partial charge < -0.3 is 9.80 Å². The van der Waals surface area contributed by atoms with Gasteiger partial charge in [0.2, 0.25) is 0 Å². The summed E-state index contributed by atoms with van der Waals surface area (Å²) in [7, 11) is 0. The maximum Gasteiger partial charge on any atom is 0.252 e. The highest BCUT2D eigenvalue weighted by Crippen LogP contribution is 2.53. The first-order chi connectivity index (χ1) is 34.5. The number of anilines is 6. The Hall–Kier alpha value is -6.58. The molecule has 0 spiro atoms. The van der Waals surface area contributed by atoms with Gasteiger partial charge in [0.1, 0.15) is 0 Å². The van der Waals surface area contributed by atoms with E-state index in [1.54, 1.807) is 0 Å². The maximum atomic E-state index is 2.71. The number of hydrogen-bond acceptors (Lipinski definition) is 2. The van der Waals surface area contributed by atoms with E-state index in [1.807, 2.05) is 0 Å². The molecule has 368 valence electrons. The summed E-state index contributed by atoms with van der Waals surface area (Å²) in [5.41, 5.74) is 24.2. The van der Waals surface area contributed by atoms with Crippen molar-refractivity contribution in [2.45, 2.75) is 142 Å². The zero-order valence-electron chi connectivity index (χ0n) is 46.1. The van der Waals surface area contributed by atoms with Crippen molar-refractivity contribution >= 4 is 57.2 Å². The van der Waals surface area contributed by atoms with Crippen LogP contribution in [0.4, 0.5) is 34.1 Å². The highest BCUT2D eigenvalue weighted by Gasteiger charge is 2.48. The molecular weight excluding hydrogens is 880 g/mol. The average Bonchev–Trinajstić information content (AvgIpc) is 3.37. The van der Waals surface area contributed by atoms with Gasteiger partial charge in [-0.25, -0.2) is 0 Å². The van der Waals surface area contributed by atoms with E-state index >= 15 is 0 Å². The van der Waals surface area contributed by atoms with E-state index in [1.165, 1.54) is 106 Å². The monoisotopic (exact) mass is 955 g/mol. The fourth-order valence-electron chi connectivity index (χ4n) is 12.5. The standard InChI is InChI=1S/C70H75BN2/c1-65(2,3)49-34-36-59(54(40-49)46-25-18-15-19-26-46)73-61-45-56-55(67(7,8)37-38-68(56,9)10)44-58(61)71-57-35-33-51(70(13,14)48-29-22-17-23-30-48)41-60(57)72(62-42-52(66(4,5)6)43-63(73)64(62)71)53-32-24-31-50(39-53)69(11,12)47-27-20-16-21-28-47/h15-36,39-45H,37-38H2,1-14H3. The zero-order valence-corrected chi connectivity index (χ0v) is 46.1. The van der Waals surface area contributed by atoms with Crippen LogP contribution in [0.5, 0.6) is 0 Å². The summed E-state index contributed by atoms with van der Waals surface area (Å²) in [6.45, 7) is 33.6. The Labute approximate surface area is 438 Å². The Balaban J connectivity index is 1.28. The van der Waals surface area contributed by atoms with E-state index in [4.69, 9.17) is 0 Å². The molecule has 0 saturated carbocycles. The molecule has 2 aliphatic heterocycles. The second-order valence-electron chi connectivity index (χ2n) is 26.2. The van der Waals surface area contributed by atoms with Gasteiger partial charge in [-0.3, -0.25) is 0 Å². The second-order valence-corrected chi connectivity index (χ2v) is 26.2. The molecule has 8 aromatic rings. The molecule has 3 heteroatoms. The first-order valence-corrected chi connectivity index (χ1v) is 27.0. The van der Waals surface area contributed by atoms with E-state index < -0.39 is 0 Å². The largest absolute Gasteiger partial charge is 0.311 e. The van der Waals surface area contributed by atoms with Crippen molar-refractivity contribution in [3.8, 4) is 11.1 Å². The van der Waals surface area contributed by atoms with E-state index in [0.717, 1.165) is 12.8 Å². The molecule has 0 unspecified atom stereocenters. The minimum atomic E-state index is -0.249. The van der Waals surface area contributed by atoms with Crippen molar-refractivity contribution in [1.29, 1.82) is 0 Å². The Morgan fingerprint density at radius 2 is 0.849 bits per heavy atom. The molecule has 8 aromatic carbocycles. The van der Waals surface area contributed by atoms with Crippen LogP contribution in [0.1, 0.15) is 154 Å². The summed E-state index contributed by atoms with van der Waals surface area (Å²) in [5, 5.41) is 0. The number of nitrogens with zero attached hydrogens (tertiary/aromatic N) is 2. The Morgan fingerprint density at radius 3 is 1.42 bits per heavy atom. The molecule has 11 rings (SSSR count). The van der Waals surface area contributed by atoms with Crippen LogP contribution in [-0.4, -0.2) is 6.71 Å². The van der Waals surface area contributed by atoms with Crippen molar-refractivity contribution in [1.82, 2.24) is 0 Å². The normalized spacial score (nSPS) is 15.8. The molecule has 0 N–H and O–H groups in total. The molecule has 73 heavy (non-hydrogen) atoms. The van der Waals surface area contributed by atoms with E-state index in [9.17, 15) is 0 Å². The van der Waals surface area contributed by atoms with Crippen LogP contribution in [0.2, 0.25) is 0 Å². The molecule has 0 radical (unpaired) electrons. The number of benzene rings is 8. The van der Waals surface area contributed by atoms with E-state index in [-0.39, 0.29) is 39.2 Å². The van der Waals surface area contributed by atoms with Crippen molar-refractivity contribution in [3.05, 3.63) is 220 Å². The minimum Gasteiger partial charge on any atom is -0.311 e. The highest BCUT2D eigenvalue weighted by atomic mass is 15.2. The molecule has 0 amide bonds. The smallest absolute Gasteiger partial charge is 0.252 e. The van der Waals surface area contributed by atoms with Gasteiger partial charge in [-0.2, -0.15) is 0 Å². The first kappa shape index (κ1) is 48.7. The third-order valence-electron chi connectivity index (χ3n) is 17.6. The Bertz CT molecular complexity index is 3420. The fraction of sp³-hybridized carbons (Fsp3) is 0.314. The molecule has 0 bridgehead atoms. The summed E-state index contributed by atoms with van der Waals surface area (Å²) in [5.74, 6) is 0. The van der Waals surface area contributed by atoms with Gasteiger partial charge in [0, 0.05) is 44.8 Å². The lowest BCUT2D eigenvalue weighted by Crippen LogP contribution is -2.62. The van der Waals surface area contributed by atoms with Gasteiger partial charge in [0.05, 0.1) is 5.69 Å². The SMILES string of the molecule is CC(C)(C)c1ccc(N2c3cc4c(cc3B3c5ccc(C(C)(C)c6ccccc6)cc5N(c5cccc(C(C)(C)c6ccccc6)c5)c5cc(C(C)(C)C)cc2c53)C(C)(C)CCC4(C)C)c(-c2ccccc2)c1. The number of fused-ring (bicyclic) bond motifs is 5. The predicted molar refractivity (Wildman–Crippen MR) is 316 cm³/mol. The van der Waals surface area contributed by atoms with Gasteiger partial charge in [-0.15, -0.1) is 0 Å². The minimum absolute atomic E-state index is 0.0142. The molecule has 3 aliphatic rings. The molecule has 0 saturated heterocycles.